The number of rotatable bonds is 9. The van der Waals surface area contributed by atoms with E-state index in [-0.39, 0.29) is 0 Å². The van der Waals surface area contributed by atoms with Gasteiger partial charge < -0.3 is 4.90 Å². The highest BCUT2D eigenvalue weighted by atomic mass is 15.2. The number of hydrogen-bond acceptors (Lipinski definition) is 1. The Morgan fingerprint density at radius 2 is 1.38 bits per heavy atom. The van der Waals surface area contributed by atoms with E-state index in [2.05, 4.69) is 31.2 Å². The highest BCUT2D eigenvalue weighted by Gasteiger charge is 2.12. The van der Waals surface area contributed by atoms with Gasteiger partial charge in [0.25, 0.3) is 0 Å². The molecule has 21 heavy (non-hydrogen) atoms. The Hall–Kier alpha value is -2.54. The van der Waals surface area contributed by atoms with E-state index >= 15 is 0 Å². The monoisotopic (exact) mass is 279 g/mol. The molecular weight excluding hydrogens is 254 g/mol. The molecule has 1 heteroatoms. The van der Waals surface area contributed by atoms with Crippen LogP contribution < -0.4 is 0 Å². The highest BCUT2D eigenvalue weighted by Crippen LogP contribution is 2.23. The molecule has 0 spiro atoms. The van der Waals surface area contributed by atoms with Crippen molar-refractivity contribution in [1.29, 1.82) is 0 Å². The second-order valence-electron chi connectivity index (χ2n) is 4.00. The van der Waals surface area contributed by atoms with Gasteiger partial charge >= 0.3 is 0 Å². The van der Waals surface area contributed by atoms with Gasteiger partial charge in [-0.15, -0.1) is 0 Å². The SMILES string of the molecule is C=C/C=C\C(=C/C=C)N(/C(C=C)=C/C=C)C(/C=C\C)=C/C. The maximum Gasteiger partial charge on any atom is 0.0461 e. The van der Waals surface area contributed by atoms with Gasteiger partial charge in [0.2, 0.25) is 0 Å². The molecule has 0 heterocycles. The molecule has 0 aliphatic carbocycles. The lowest BCUT2D eigenvalue weighted by molar-refractivity contribution is 0.577. The van der Waals surface area contributed by atoms with Gasteiger partial charge in [0.15, 0.2) is 0 Å². The quantitative estimate of drug-likeness (QED) is 0.479. The molecule has 0 radical (unpaired) electrons. The minimum Gasteiger partial charge on any atom is -0.311 e. The molecule has 0 fully saturated rings. The van der Waals surface area contributed by atoms with Crippen molar-refractivity contribution in [2.75, 3.05) is 0 Å². The predicted molar refractivity (Wildman–Crippen MR) is 96.5 cm³/mol. The zero-order valence-electron chi connectivity index (χ0n) is 13.1. The minimum absolute atomic E-state index is 0.929. The first-order valence-corrected chi connectivity index (χ1v) is 6.86. The summed E-state index contributed by atoms with van der Waals surface area (Å²) >= 11 is 0. The van der Waals surface area contributed by atoms with Crippen molar-refractivity contribution in [1.82, 2.24) is 4.90 Å². The summed E-state index contributed by atoms with van der Waals surface area (Å²) in [5.74, 6) is 0. The molecule has 0 aliphatic rings. The summed E-state index contributed by atoms with van der Waals surface area (Å²) in [6.07, 6.45) is 20.8. The molecule has 0 rings (SSSR count). The Labute approximate surface area is 129 Å². The molecule has 0 saturated carbocycles. The zero-order chi connectivity index (χ0) is 16.1. The Kier molecular flexibility index (Phi) is 9.93. The topological polar surface area (TPSA) is 3.24 Å². The molecule has 0 unspecified atom stereocenters. The molecule has 0 aromatic heterocycles. The molecule has 0 aliphatic heterocycles. The average molecular weight is 279 g/mol. The smallest absolute Gasteiger partial charge is 0.0461 e. The van der Waals surface area contributed by atoms with Crippen LogP contribution in [-0.2, 0) is 0 Å². The fourth-order valence-electron chi connectivity index (χ4n) is 1.76. The second-order valence-corrected chi connectivity index (χ2v) is 4.00. The Morgan fingerprint density at radius 3 is 1.81 bits per heavy atom. The van der Waals surface area contributed by atoms with E-state index in [0.29, 0.717) is 0 Å². The zero-order valence-corrected chi connectivity index (χ0v) is 13.1. The fraction of sp³-hybridized carbons (Fsp3) is 0.100. The van der Waals surface area contributed by atoms with Crippen molar-refractivity contribution in [2.24, 2.45) is 0 Å². The fourth-order valence-corrected chi connectivity index (χ4v) is 1.76. The molecule has 0 atom stereocenters. The van der Waals surface area contributed by atoms with Gasteiger partial charge in [-0.25, -0.2) is 0 Å². The van der Waals surface area contributed by atoms with Gasteiger partial charge in [0.1, 0.15) is 0 Å². The first-order chi connectivity index (χ1) is 10.2. The largest absolute Gasteiger partial charge is 0.311 e. The average Bonchev–Trinajstić information content (AvgIpc) is 2.50. The van der Waals surface area contributed by atoms with Gasteiger partial charge in [-0.05, 0) is 44.2 Å². The minimum atomic E-state index is 0.929. The molecule has 0 amide bonds. The van der Waals surface area contributed by atoms with Crippen LogP contribution in [0.4, 0.5) is 0 Å². The number of allylic oxidation sites excluding steroid dienone is 11. The first-order valence-electron chi connectivity index (χ1n) is 6.86. The Morgan fingerprint density at radius 1 is 0.762 bits per heavy atom. The molecule has 110 valence electrons. The van der Waals surface area contributed by atoms with E-state index in [4.69, 9.17) is 0 Å². The lowest BCUT2D eigenvalue weighted by Crippen LogP contribution is -2.19. The normalized spacial score (nSPS) is 13.5. The molecule has 0 aromatic carbocycles. The number of nitrogens with zero attached hydrogens (tertiary/aromatic N) is 1. The van der Waals surface area contributed by atoms with Gasteiger partial charge in [-0.2, -0.15) is 0 Å². The van der Waals surface area contributed by atoms with Crippen LogP contribution in [0.2, 0.25) is 0 Å². The van der Waals surface area contributed by atoms with Crippen LogP contribution >= 0.6 is 0 Å². The maximum absolute atomic E-state index is 3.89. The molecule has 0 N–H and O–H groups in total. The number of hydrogen-bond donors (Lipinski definition) is 0. The van der Waals surface area contributed by atoms with Crippen LogP contribution in [0, 0.1) is 0 Å². The second kappa shape index (κ2) is 11.3. The summed E-state index contributed by atoms with van der Waals surface area (Å²) in [5, 5.41) is 0. The van der Waals surface area contributed by atoms with Crippen molar-refractivity contribution in [3.8, 4) is 0 Å². The van der Waals surface area contributed by atoms with Crippen LogP contribution in [0.25, 0.3) is 0 Å². The van der Waals surface area contributed by atoms with Crippen molar-refractivity contribution in [3.05, 3.63) is 110 Å². The van der Waals surface area contributed by atoms with Crippen LogP contribution in [0.1, 0.15) is 13.8 Å². The molecule has 1 nitrogen and oxygen atoms in total. The van der Waals surface area contributed by atoms with E-state index < -0.39 is 0 Å². The van der Waals surface area contributed by atoms with Gasteiger partial charge in [0, 0.05) is 17.1 Å². The van der Waals surface area contributed by atoms with E-state index in [9.17, 15) is 0 Å². The third-order valence-electron chi connectivity index (χ3n) is 2.60. The molecular formula is C20H25N. The van der Waals surface area contributed by atoms with E-state index in [0.717, 1.165) is 17.1 Å². The highest BCUT2D eigenvalue weighted by molar-refractivity contribution is 5.40. The first kappa shape index (κ1) is 18.5. The van der Waals surface area contributed by atoms with Crippen LogP contribution in [0.3, 0.4) is 0 Å². The van der Waals surface area contributed by atoms with Crippen molar-refractivity contribution < 1.29 is 0 Å². The summed E-state index contributed by atoms with van der Waals surface area (Å²) < 4.78 is 0. The summed E-state index contributed by atoms with van der Waals surface area (Å²) in [4.78, 5) is 2.08. The lowest BCUT2D eigenvalue weighted by atomic mass is 10.2. The summed E-state index contributed by atoms with van der Waals surface area (Å²) in [7, 11) is 0. The third-order valence-corrected chi connectivity index (χ3v) is 2.60. The van der Waals surface area contributed by atoms with Gasteiger partial charge in [-0.3, -0.25) is 0 Å². The van der Waals surface area contributed by atoms with E-state index in [1.54, 1.807) is 24.3 Å². The van der Waals surface area contributed by atoms with Crippen molar-refractivity contribution >= 4 is 0 Å². The standard InChI is InChI=1S/C20H25N/c1-7-13-17-20(16-10-4)21(18(11-5)14-8-2)19(12-6)15-9-3/h7-17H,1-2,4-5H2,3,6H3/b15-9-,17-13-,18-14+,19-12+,20-16+. The summed E-state index contributed by atoms with van der Waals surface area (Å²) in [6, 6.07) is 0. The van der Waals surface area contributed by atoms with Crippen LogP contribution in [0.5, 0.6) is 0 Å². The predicted octanol–water partition coefficient (Wildman–Crippen LogP) is 5.84. The van der Waals surface area contributed by atoms with Crippen LogP contribution in [0.15, 0.2) is 110 Å². The summed E-state index contributed by atoms with van der Waals surface area (Å²) in [5.41, 5.74) is 2.93. The van der Waals surface area contributed by atoms with Crippen LogP contribution in [-0.4, -0.2) is 4.90 Å². The van der Waals surface area contributed by atoms with Gasteiger partial charge in [0.05, 0.1) is 0 Å². The molecule has 0 saturated heterocycles. The molecule has 0 bridgehead atoms. The van der Waals surface area contributed by atoms with Crippen molar-refractivity contribution in [2.45, 2.75) is 13.8 Å². The van der Waals surface area contributed by atoms with Gasteiger partial charge in [-0.1, -0.05) is 62.8 Å². The Bertz CT molecular complexity index is 522. The van der Waals surface area contributed by atoms with E-state index in [1.165, 1.54) is 0 Å². The maximum atomic E-state index is 3.89. The van der Waals surface area contributed by atoms with E-state index in [1.807, 2.05) is 56.4 Å². The third kappa shape index (κ3) is 5.96. The van der Waals surface area contributed by atoms with Crippen molar-refractivity contribution in [3.63, 3.8) is 0 Å². The lowest BCUT2D eigenvalue weighted by Gasteiger charge is -2.28. The molecule has 0 aromatic rings. The summed E-state index contributed by atoms with van der Waals surface area (Å²) in [6.45, 7) is 19.2. The Balaban J connectivity index is 6.16.